The molecule has 4 rings (SSSR count). The van der Waals surface area contributed by atoms with Gasteiger partial charge in [0.05, 0.1) is 37.0 Å². The number of hydrogen-bond donors (Lipinski definition) is 0. The maximum absolute atomic E-state index is 13.4. The van der Waals surface area contributed by atoms with Gasteiger partial charge in [-0.3, -0.25) is 4.79 Å². The maximum Gasteiger partial charge on any atom is 0.254 e. The summed E-state index contributed by atoms with van der Waals surface area (Å²) < 4.78 is 47.2. The van der Waals surface area contributed by atoms with Crippen LogP contribution in [0.15, 0.2) is 88.8 Å². The van der Waals surface area contributed by atoms with Crippen molar-refractivity contribution in [3.05, 3.63) is 108 Å². The van der Waals surface area contributed by atoms with Crippen LogP contribution in [-0.2, 0) is 35.2 Å². The predicted molar refractivity (Wildman–Crippen MR) is 133 cm³/mol. The van der Waals surface area contributed by atoms with Crippen molar-refractivity contribution >= 4 is 15.7 Å². The minimum Gasteiger partial charge on any atom is -0.467 e. The molecule has 0 bridgehead atoms. The number of benzene rings is 2. The molecular formula is C27H28FN3O4S. The molecule has 0 aliphatic carbocycles. The van der Waals surface area contributed by atoms with Gasteiger partial charge in [0.1, 0.15) is 11.6 Å². The van der Waals surface area contributed by atoms with E-state index < -0.39 is 15.7 Å². The van der Waals surface area contributed by atoms with E-state index in [9.17, 15) is 17.6 Å². The van der Waals surface area contributed by atoms with Gasteiger partial charge >= 0.3 is 0 Å². The molecule has 0 aliphatic rings. The van der Waals surface area contributed by atoms with Crippen LogP contribution in [0, 0.1) is 11.7 Å². The zero-order chi connectivity index (χ0) is 25.7. The highest BCUT2D eigenvalue weighted by atomic mass is 32.2. The third-order valence-electron chi connectivity index (χ3n) is 5.59. The smallest absolute Gasteiger partial charge is 0.254 e. The Bertz CT molecular complexity index is 1400. The second-order valence-electron chi connectivity index (χ2n) is 9.03. The minimum absolute atomic E-state index is 0.0257. The third-order valence-corrected chi connectivity index (χ3v) is 7.18. The molecule has 188 valence electrons. The Morgan fingerprint density at radius 1 is 1.03 bits per heavy atom. The van der Waals surface area contributed by atoms with Crippen LogP contribution in [0.25, 0.3) is 0 Å². The summed E-state index contributed by atoms with van der Waals surface area (Å²) in [5.74, 6) is -0.246. The molecule has 0 unspecified atom stereocenters. The monoisotopic (exact) mass is 509 g/mol. The van der Waals surface area contributed by atoms with Crippen molar-refractivity contribution < 1.29 is 22.0 Å². The fourth-order valence-electron chi connectivity index (χ4n) is 3.95. The number of hydrogen-bond acceptors (Lipinski definition) is 5. The van der Waals surface area contributed by atoms with Gasteiger partial charge in [0.15, 0.2) is 0 Å². The summed E-state index contributed by atoms with van der Waals surface area (Å²) in [5, 5.41) is -0.0257. The first kappa shape index (κ1) is 25.4. The van der Waals surface area contributed by atoms with Gasteiger partial charge in [0, 0.05) is 12.1 Å². The molecule has 7 nitrogen and oxygen atoms in total. The first-order chi connectivity index (χ1) is 17.2. The highest BCUT2D eigenvalue weighted by molar-refractivity contribution is 7.90. The molecule has 0 saturated carbocycles. The van der Waals surface area contributed by atoms with E-state index >= 15 is 0 Å². The maximum atomic E-state index is 13.4. The number of halogens is 1. The van der Waals surface area contributed by atoms with E-state index in [1.54, 1.807) is 41.0 Å². The Balaban J connectivity index is 1.68. The normalized spacial score (nSPS) is 11.7. The van der Waals surface area contributed by atoms with Gasteiger partial charge in [-0.15, -0.1) is 0 Å². The highest BCUT2D eigenvalue weighted by Crippen LogP contribution is 2.22. The number of nitrogens with zero attached hydrogens (tertiary/aromatic N) is 3. The van der Waals surface area contributed by atoms with Crippen LogP contribution < -0.4 is 0 Å². The van der Waals surface area contributed by atoms with Gasteiger partial charge in [-0.25, -0.2) is 17.8 Å². The summed E-state index contributed by atoms with van der Waals surface area (Å²) in [6, 6.07) is 17.8. The summed E-state index contributed by atoms with van der Waals surface area (Å²) in [7, 11) is -3.74. The zero-order valence-electron chi connectivity index (χ0n) is 20.2. The van der Waals surface area contributed by atoms with Crippen LogP contribution in [0.5, 0.6) is 0 Å². The lowest BCUT2D eigenvalue weighted by Gasteiger charge is -2.23. The number of carbonyl (C=O) groups excluding carboxylic acids is 1. The molecule has 0 aliphatic heterocycles. The molecule has 0 radical (unpaired) electrons. The predicted octanol–water partition coefficient (Wildman–Crippen LogP) is 5.09. The third kappa shape index (κ3) is 6.09. The molecule has 0 N–H and O–H groups in total. The molecule has 2 heterocycles. The molecule has 9 heteroatoms. The van der Waals surface area contributed by atoms with E-state index in [2.05, 4.69) is 4.98 Å². The molecule has 0 atom stereocenters. The van der Waals surface area contributed by atoms with E-state index in [0.29, 0.717) is 29.1 Å². The van der Waals surface area contributed by atoms with E-state index in [1.807, 2.05) is 19.9 Å². The number of furan rings is 1. The second-order valence-corrected chi connectivity index (χ2v) is 10.9. The standard InChI is InChI=1S/C27H28FN3O4S/c1-20(2)16-31-24(15-29-27(31)36(33,34)19-21-7-4-3-5-8-21)17-30(18-25-9-6-14-35-25)26(32)22-10-12-23(28)13-11-22/h3-15,20H,16-19H2,1-2H3. The molecule has 0 spiro atoms. The molecule has 36 heavy (non-hydrogen) atoms. The highest BCUT2D eigenvalue weighted by Gasteiger charge is 2.27. The first-order valence-electron chi connectivity index (χ1n) is 11.6. The van der Waals surface area contributed by atoms with E-state index in [1.165, 1.54) is 41.6 Å². The lowest BCUT2D eigenvalue weighted by molar-refractivity contribution is 0.0712. The number of aromatic nitrogens is 2. The summed E-state index contributed by atoms with van der Waals surface area (Å²) >= 11 is 0. The lowest BCUT2D eigenvalue weighted by atomic mass is 10.2. The Morgan fingerprint density at radius 2 is 1.75 bits per heavy atom. The number of amides is 1. The zero-order valence-corrected chi connectivity index (χ0v) is 21.0. The second kappa shape index (κ2) is 10.9. The first-order valence-corrected chi connectivity index (χ1v) is 13.3. The molecule has 2 aromatic heterocycles. The van der Waals surface area contributed by atoms with Crippen molar-refractivity contribution in [3.63, 3.8) is 0 Å². The minimum atomic E-state index is -3.74. The Kier molecular flexibility index (Phi) is 7.69. The number of rotatable bonds is 10. The molecule has 2 aromatic carbocycles. The lowest BCUT2D eigenvalue weighted by Crippen LogP contribution is -2.31. The van der Waals surface area contributed by atoms with Gasteiger partial charge in [-0.1, -0.05) is 44.2 Å². The van der Waals surface area contributed by atoms with Gasteiger partial charge in [-0.2, -0.15) is 0 Å². The fourth-order valence-corrected chi connectivity index (χ4v) is 5.45. The van der Waals surface area contributed by atoms with Crippen molar-refractivity contribution in [2.45, 2.75) is 44.4 Å². The largest absolute Gasteiger partial charge is 0.467 e. The van der Waals surface area contributed by atoms with Crippen LogP contribution in [0.4, 0.5) is 4.39 Å². The molecule has 0 saturated heterocycles. The van der Waals surface area contributed by atoms with Crippen molar-refractivity contribution in [2.75, 3.05) is 0 Å². The number of carbonyl (C=O) groups is 1. The van der Waals surface area contributed by atoms with Gasteiger partial charge < -0.3 is 13.9 Å². The average Bonchev–Trinajstić information content (AvgIpc) is 3.49. The average molecular weight is 510 g/mol. The quantitative estimate of drug-likeness (QED) is 0.297. The van der Waals surface area contributed by atoms with E-state index in [0.717, 1.165) is 0 Å². The summed E-state index contributed by atoms with van der Waals surface area (Å²) in [6.07, 6.45) is 3.03. The molecule has 4 aromatic rings. The van der Waals surface area contributed by atoms with E-state index in [-0.39, 0.29) is 35.8 Å². The fraction of sp³-hybridized carbons (Fsp3) is 0.259. The Labute approximate surface area is 210 Å². The van der Waals surface area contributed by atoms with Gasteiger partial charge in [0.2, 0.25) is 15.0 Å². The number of sulfone groups is 1. The van der Waals surface area contributed by atoms with Crippen molar-refractivity contribution in [3.8, 4) is 0 Å². The van der Waals surface area contributed by atoms with Crippen molar-refractivity contribution in [2.24, 2.45) is 5.92 Å². The van der Waals surface area contributed by atoms with Crippen LogP contribution in [0.1, 0.15) is 41.2 Å². The SMILES string of the molecule is CC(C)Cn1c(CN(Cc2ccco2)C(=O)c2ccc(F)cc2)cnc1S(=O)(=O)Cc1ccccc1. The van der Waals surface area contributed by atoms with Crippen molar-refractivity contribution in [1.82, 2.24) is 14.5 Å². The van der Waals surface area contributed by atoms with Crippen LogP contribution in [0.2, 0.25) is 0 Å². The molecular weight excluding hydrogens is 481 g/mol. The van der Waals surface area contributed by atoms with Gasteiger partial charge in [-0.05, 0) is 47.9 Å². The Hall–Kier alpha value is -3.72. The van der Waals surface area contributed by atoms with E-state index in [4.69, 9.17) is 4.42 Å². The van der Waals surface area contributed by atoms with Crippen LogP contribution in [-0.4, -0.2) is 28.8 Å². The van der Waals surface area contributed by atoms with Crippen LogP contribution in [0.3, 0.4) is 0 Å². The van der Waals surface area contributed by atoms with Gasteiger partial charge in [0.25, 0.3) is 5.91 Å². The van der Waals surface area contributed by atoms with Crippen LogP contribution >= 0.6 is 0 Å². The molecule has 1 amide bonds. The Morgan fingerprint density at radius 3 is 2.39 bits per heavy atom. The topological polar surface area (TPSA) is 85.4 Å². The summed E-state index contributed by atoms with van der Waals surface area (Å²) in [4.78, 5) is 19.2. The summed E-state index contributed by atoms with van der Waals surface area (Å²) in [5.41, 5.74) is 1.57. The summed E-state index contributed by atoms with van der Waals surface area (Å²) in [6.45, 7) is 4.64. The molecule has 0 fully saturated rings. The van der Waals surface area contributed by atoms with Crippen molar-refractivity contribution in [1.29, 1.82) is 0 Å². The number of imidazole rings is 1.